The molecule has 1 aliphatic rings. The van der Waals surface area contributed by atoms with Gasteiger partial charge in [0.25, 0.3) is 0 Å². The number of carboxylic acid groups (broad SMARTS) is 2. The molecule has 1 aromatic rings. The molecule has 0 bridgehead atoms. The minimum atomic E-state index is -1.46. The highest BCUT2D eigenvalue weighted by atomic mass is 35.5. The van der Waals surface area contributed by atoms with Crippen LogP contribution in [0.15, 0.2) is 35.4 Å². The predicted octanol–water partition coefficient (Wildman–Crippen LogP) is 6.13. The summed E-state index contributed by atoms with van der Waals surface area (Å²) in [5.41, 5.74) is 0.203. The van der Waals surface area contributed by atoms with Crippen molar-refractivity contribution in [1.29, 1.82) is 0 Å². The van der Waals surface area contributed by atoms with E-state index in [1.54, 1.807) is 31.2 Å². The number of rotatable bonds is 6. The standard InChI is InChI=1S/C26H35ClO5/c1-15-11-17(22(29)30)20(26(14-15,23(31)32)9-8-10-27)16-12-18(24(2,3)4)21(28)19(13-16)25(5,6)7/h11-14,20,28H,8-10H2,1-7H3,(H,29,30)(H,31,32). The van der Waals surface area contributed by atoms with Crippen molar-refractivity contribution in [3.8, 4) is 5.75 Å². The summed E-state index contributed by atoms with van der Waals surface area (Å²) in [4.78, 5) is 25.1. The zero-order valence-corrected chi connectivity index (χ0v) is 20.8. The average Bonchev–Trinajstić information content (AvgIpc) is 2.64. The SMILES string of the molecule is CC1=CC(CCCCl)(C(=O)O)C(c2cc(C(C)(C)C)c(O)c(C(C)(C)C)c2)C(C(=O)O)=C1. The monoisotopic (exact) mass is 462 g/mol. The number of aromatic hydroxyl groups is 1. The zero-order chi connectivity index (χ0) is 24.6. The lowest BCUT2D eigenvalue weighted by Gasteiger charge is -2.40. The van der Waals surface area contributed by atoms with Crippen LogP contribution < -0.4 is 0 Å². The van der Waals surface area contributed by atoms with E-state index < -0.39 is 34.1 Å². The van der Waals surface area contributed by atoms with Crippen LogP contribution in [0.25, 0.3) is 0 Å². The van der Waals surface area contributed by atoms with E-state index in [0.717, 1.165) is 0 Å². The molecule has 6 heteroatoms. The Labute approximate surface area is 195 Å². The van der Waals surface area contributed by atoms with Crippen LogP contribution in [-0.4, -0.2) is 33.1 Å². The lowest BCUT2D eigenvalue weighted by atomic mass is 9.62. The Morgan fingerprint density at radius 2 is 1.53 bits per heavy atom. The molecule has 5 nitrogen and oxygen atoms in total. The number of hydrogen-bond donors (Lipinski definition) is 3. The number of phenolic OH excluding ortho intramolecular Hbond substituents is 1. The smallest absolute Gasteiger partial charge is 0.332 e. The molecule has 0 heterocycles. The summed E-state index contributed by atoms with van der Waals surface area (Å²) in [6.45, 7) is 13.5. The Bertz CT molecular complexity index is 940. The highest BCUT2D eigenvalue weighted by molar-refractivity contribution is 6.17. The molecule has 0 saturated heterocycles. The zero-order valence-electron chi connectivity index (χ0n) is 20.0. The average molecular weight is 463 g/mol. The van der Waals surface area contributed by atoms with Crippen molar-refractivity contribution >= 4 is 23.5 Å². The van der Waals surface area contributed by atoms with Gasteiger partial charge in [0.2, 0.25) is 0 Å². The topological polar surface area (TPSA) is 94.8 Å². The molecule has 1 aliphatic carbocycles. The molecule has 0 saturated carbocycles. The second-order valence-electron chi connectivity index (χ2n) is 10.8. The summed E-state index contributed by atoms with van der Waals surface area (Å²) in [6, 6.07) is 3.55. The quantitative estimate of drug-likeness (QED) is 0.442. The number of aliphatic carboxylic acids is 2. The molecule has 3 N–H and O–H groups in total. The van der Waals surface area contributed by atoms with E-state index in [2.05, 4.69) is 0 Å². The number of allylic oxidation sites excluding steroid dienone is 2. The third kappa shape index (κ3) is 4.88. The highest BCUT2D eigenvalue weighted by Crippen LogP contribution is 2.52. The van der Waals surface area contributed by atoms with Gasteiger partial charge in [-0.1, -0.05) is 65.3 Å². The van der Waals surface area contributed by atoms with Crippen LogP contribution in [0.1, 0.15) is 83.9 Å². The molecule has 176 valence electrons. The predicted molar refractivity (Wildman–Crippen MR) is 128 cm³/mol. The van der Waals surface area contributed by atoms with Gasteiger partial charge in [-0.25, -0.2) is 4.79 Å². The number of benzene rings is 1. The fraction of sp³-hybridized carbons (Fsp3) is 0.538. The van der Waals surface area contributed by atoms with Crippen molar-refractivity contribution in [2.45, 2.75) is 78.1 Å². The van der Waals surface area contributed by atoms with Gasteiger partial charge in [0.15, 0.2) is 0 Å². The Balaban J connectivity index is 2.98. The summed E-state index contributed by atoms with van der Waals surface area (Å²) in [5, 5.41) is 31.6. The number of carbonyl (C=O) groups is 2. The Kier molecular flexibility index (Phi) is 7.25. The molecule has 0 amide bonds. The molecule has 32 heavy (non-hydrogen) atoms. The third-order valence-electron chi connectivity index (χ3n) is 6.15. The summed E-state index contributed by atoms with van der Waals surface area (Å²) < 4.78 is 0. The molecule has 0 radical (unpaired) electrons. The van der Waals surface area contributed by atoms with Gasteiger partial charge in [0.05, 0.1) is 5.41 Å². The van der Waals surface area contributed by atoms with Crippen LogP contribution in [0.4, 0.5) is 0 Å². The van der Waals surface area contributed by atoms with Crippen molar-refractivity contribution in [3.63, 3.8) is 0 Å². The van der Waals surface area contributed by atoms with E-state index in [0.29, 0.717) is 28.7 Å². The molecule has 0 aliphatic heterocycles. The first kappa shape index (κ1) is 26.0. The van der Waals surface area contributed by atoms with Crippen LogP contribution in [0, 0.1) is 5.41 Å². The van der Waals surface area contributed by atoms with E-state index in [9.17, 15) is 24.9 Å². The maximum absolute atomic E-state index is 12.8. The van der Waals surface area contributed by atoms with Gasteiger partial charge in [0, 0.05) is 17.4 Å². The number of alkyl halides is 1. The first-order valence-electron chi connectivity index (χ1n) is 10.9. The molecule has 0 spiro atoms. The Morgan fingerprint density at radius 1 is 1.03 bits per heavy atom. The van der Waals surface area contributed by atoms with E-state index >= 15 is 0 Å². The maximum atomic E-state index is 12.8. The van der Waals surface area contributed by atoms with Gasteiger partial charge >= 0.3 is 11.9 Å². The lowest BCUT2D eigenvalue weighted by molar-refractivity contribution is -0.147. The van der Waals surface area contributed by atoms with Crippen molar-refractivity contribution in [1.82, 2.24) is 0 Å². The molecule has 0 aromatic heterocycles. The van der Waals surface area contributed by atoms with Gasteiger partial charge in [-0.3, -0.25) is 4.79 Å². The number of halogens is 1. The van der Waals surface area contributed by atoms with Crippen molar-refractivity contribution in [2.24, 2.45) is 5.41 Å². The molecular weight excluding hydrogens is 428 g/mol. The lowest BCUT2D eigenvalue weighted by Crippen LogP contribution is -2.40. The summed E-state index contributed by atoms with van der Waals surface area (Å²) >= 11 is 5.93. The summed E-state index contributed by atoms with van der Waals surface area (Å²) in [5.74, 6) is -2.72. The van der Waals surface area contributed by atoms with Gasteiger partial charge in [0.1, 0.15) is 5.75 Å². The fourth-order valence-electron chi connectivity index (χ4n) is 4.63. The number of hydrogen-bond acceptors (Lipinski definition) is 3. The van der Waals surface area contributed by atoms with Gasteiger partial charge < -0.3 is 15.3 Å². The fourth-order valence-corrected chi connectivity index (χ4v) is 4.77. The molecular formula is C26H35ClO5. The third-order valence-corrected chi connectivity index (χ3v) is 6.41. The normalized spacial score (nSPS) is 21.7. The van der Waals surface area contributed by atoms with Crippen molar-refractivity contribution < 1.29 is 24.9 Å². The molecule has 2 unspecified atom stereocenters. The van der Waals surface area contributed by atoms with E-state index in [-0.39, 0.29) is 23.6 Å². The molecule has 2 rings (SSSR count). The van der Waals surface area contributed by atoms with Gasteiger partial charge in [-0.15, -0.1) is 11.6 Å². The highest BCUT2D eigenvalue weighted by Gasteiger charge is 2.50. The van der Waals surface area contributed by atoms with Crippen LogP contribution in [0.2, 0.25) is 0 Å². The number of carboxylic acids is 2. The van der Waals surface area contributed by atoms with Crippen LogP contribution in [0.3, 0.4) is 0 Å². The van der Waals surface area contributed by atoms with E-state index in [4.69, 9.17) is 11.6 Å². The first-order valence-corrected chi connectivity index (χ1v) is 11.4. The van der Waals surface area contributed by atoms with Crippen LogP contribution in [-0.2, 0) is 20.4 Å². The molecule has 2 atom stereocenters. The van der Waals surface area contributed by atoms with E-state index in [1.807, 2.05) is 41.5 Å². The summed E-state index contributed by atoms with van der Waals surface area (Å²) in [7, 11) is 0. The first-order chi connectivity index (χ1) is 14.6. The van der Waals surface area contributed by atoms with E-state index in [1.165, 1.54) is 0 Å². The Morgan fingerprint density at radius 3 is 1.91 bits per heavy atom. The Hall–Kier alpha value is -2.27. The largest absolute Gasteiger partial charge is 0.507 e. The van der Waals surface area contributed by atoms with Crippen LogP contribution in [0.5, 0.6) is 5.75 Å². The molecule has 0 fully saturated rings. The number of phenols is 1. The second-order valence-corrected chi connectivity index (χ2v) is 11.2. The minimum Gasteiger partial charge on any atom is -0.507 e. The van der Waals surface area contributed by atoms with Gasteiger partial charge in [-0.05, 0) is 53.4 Å². The van der Waals surface area contributed by atoms with Crippen molar-refractivity contribution in [2.75, 3.05) is 5.88 Å². The maximum Gasteiger partial charge on any atom is 0.332 e. The van der Waals surface area contributed by atoms with Crippen molar-refractivity contribution in [3.05, 3.63) is 52.1 Å². The van der Waals surface area contributed by atoms with Crippen LogP contribution >= 0.6 is 11.6 Å². The molecule has 1 aromatic carbocycles. The summed E-state index contributed by atoms with van der Waals surface area (Å²) in [6.07, 6.45) is 3.85. The minimum absolute atomic E-state index is 0.0346. The second kappa shape index (κ2) is 8.93. The van der Waals surface area contributed by atoms with Gasteiger partial charge in [-0.2, -0.15) is 0 Å².